The standard InChI is InChI=1S/C22H44/c1-10-13-22(12-3)19(11-2)20(22)17(5)14-16(4)15-18(6)21(7,8)9/h16-20H,10-15H2,1-9H3. The Hall–Kier alpha value is 0. The predicted octanol–water partition coefficient (Wildman–Crippen LogP) is 7.57. The minimum Gasteiger partial charge on any atom is -0.0654 e. The third kappa shape index (κ3) is 4.30. The van der Waals surface area contributed by atoms with E-state index in [9.17, 15) is 0 Å². The first kappa shape index (κ1) is 20.0. The van der Waals surface area contributed by atoms with Gasteiger partial charge in [-0.25, -0.2) is 0 Å². The van der Waals surface area contributed by atoms with Gasteiger partial charge >= 0.3 is 0 Å². The van der Waals surface area contributed by atoms with E-state index in [2.05, 4.69) is 62.3 Å². The first-order valence-corrected chi connectivity index (χ1v) is 10.1. The predicted molar refractivity (Wildman–Crippen MR) is 101 cm³/mol. The van der Waals surface area contributed by atoms with Crippen molar-refractivity contribution in [3.8, 4) is 0 Å². The maximum Gasteiger partial charge on any atom is -0.0235 e. The highest BCUT2D eigenvalue weighted by molar-refractivity contribution is 5.10. The summed E-state index contributed by atoms with van der Waals surface area (Å²) < 4.78 is 0. The molecule has 22 heavy (non-hydrogen) atoms. The minimum absolute atomic E-state index is 0.457. The van der Waals surface area contributed by atoms with Crippen molar-refractivity contribution >= 4 is 0 Å². The average Bonchev–Trinajstić information content (AvgIpc) is 3.06. The van der Waals surface area contributed by atoms with Crippen LogP contribution in [0.25, 0.3) is 0 Å². The highest BCUT2D eigenvalue weighted by atomic mass is 14.7. The monoisotopic (exact) mass is 308 g/mol. The van der Waals surface area contributed by atoms with Gasteiger partial charge in [-0.2, -0.15) is 0 Å². The lowest BCUT2D eigenvalue weighted by Crippen LogP contribution is -2.21. The van der Waals surface area contributed by atoms with Gasteiger partial charge in [0.2, 0.25) is 0 Å². The summed E-state index contributed by atoms with van der Waals surface area (Å²) in [4.78, 5) is 0. The van der Waals surface area contributed by atoms with E-state index < -0.39 is 0 Å². The van der Waals surface area contributed by atoms with Gasteiger partial charge in [-0.15, -0.1) is 0 Å². The van der Waals surface area contributed by atoms with E-state index in [0.29, 0.717) is 10.8 Å². The third-order valence-corrected chi connectivity index (χ3v) is 7.16. The van der Waals surface area contributed by atoms with Gasteiger partial charge in [0.1, 0.15) is 0 Å². The van der Waals surface area contributed by atoms with Crippen LogP contribution in [-0.4, -0.2) is 0 Å². The normalized spacial score (nSPS) is 32.6. The fraction of sp³-hybridized carbons (Fsp3) is 1.00. The average molecular weight is 309 g/mol. The maximum absolute atomic E-state index is 2.55. The Kier molecular flexibility index (Phi) is 7.03. The van der Waals surface area contributed by atoms with E-state index in [1.54, 1.807) is 0 Å². The summed E-state index contributed by atoms with van der Waals surface area (Å²) in [6.07, 6.45) is 8.46. The summed E-state index contributed by atoms with van der Waals surface area (Å²) in [5, 5.41) is 0. The molecule has 0 radical (unpaired) electrons. The number of hydrogen-bond acceptors (Lipinski definition) is 0. The number of hydrogen-bond donors (Lipinski definition) is 0. The lowest BCUT2D eigenvalue weighted by Gasteiger charge is -2.31. The molecule has 0 aromatic rings. The largest absolute Gasteiger partial charge is 0.0654 e. The van der Waals surface area contributed by atoms with Gasteiger partial charge in [-0.05, 0) is 66.1 Å². The van der Waals surface area contributed by atoms with Gasteiger partial charge in [-0.1, -0.05) is 75.2 Å². The molecule has 0 aliphatic heterocycles. The molecular weight excluding hydrogens is 264 g/mol. The van der Waals surface area contributed by atoms with Crippen LogP contribution in [0.1, 0.15) is 101 Å². The van der Waals surface area contributed by atoms with E-state index in [1.165, 1.54) is 38.5 Å². The molecule has 0 heteroatoms. The molecule has 0 aromatic carbocycles. The summed E-state index contributed by atoms with van der Waals surface area (Å²) in [7, 11) is 0. The second-order valence-corrected chi connectivity index (χ2v) is 9.70. The zero-order valence-corrected chi connectivity index (χ0v) is 17.1. The molecule has 0 spiro atoms. The Balaban J connectivity index is 2.59. The molecule has 1 rings (SSSR count). The topological polar surface area (TPSA) is 0 Å². The second-order valence-electron chi connectivity index (χ2n) is 9.70. The van der Waals surface area contributed by atoms with Crippen LogP contribution in [0, 0.1) is 40.4 Å². The zero-order valence-electron chi connectivity index (χ0n) is 17.1. The van der Waals surface area contributed by atoms with Crippen LogP contribution in [-0.2, 0) is 0 Å². The Bertz CT molecular complexity index is 323. The Morgan fingerprint density at radius 2 is 1.55 bits per heavy atom. The van der Waals surface area contributed by atoms with Gasteiger partial charge in [0, 0.05) is 0 Å². The molecule has 0 nitrogen and oxygen atoms in total. The number of rotatable bonds is 9. The van der Waals surface area contributed by atoms with E-state index in [0.717, 1.165) is 29.6 Å². The fourth-order valence-corrected chi connectivity index (χ4v) is 5.56. The van der Waals surface area contributed by atoms with Crippen LogP contribution in [0.2, 0.25) is 0 Å². The summed E-state index contributed by atoms with van der Waals surface area (Å²) in [6, 6.07) is 0. The summed E-state index contributed by atoms with van der Waals surface area (Å²) in [5.74, 6) is 4.63. The summed E-state index contributed by atoms with van der Waals surface area (Å²) in [6.45, 7) is 21.9. The Labute approximate surface area is 141 Å². The molecule has 6 atom stereocenters. The lowest BCUT2D eigenvalue weighted by molar-refractivity contribution is 0.199. The molecule has 1 fully saturated rings. The van der Waals surface area contributed by atoms with Gasteiger partial charge in [0.15, 0.2) is 0 Å². The smallest absolute Gasteiger partial charge is 0.0235 e. The highest BCUT2D eigenvalue weighted by Crippen LogP contribution is 2.68. The van der Waals surface area contributed by atoms with E-state index >= 15 is 0 Å². The van der Waals surface area contributed by atoms with Crippen LogP contribution in [0.4, 0.5) is 0 Å². The molecule has 0 amide bonds. The Morgan fingerprint density at radius 3 is 1.95 bits per heavy atom. The van der Waals surface area contributed by atoms with Crippen LogP contribution >= 0.6 is 0 Å². The first-order valence-electron chi connectivity index (χ1n) is 10.1. The lowest BCUT2D eigenvalue weighted by atomic mass is 9.75. The van der Waals surface area contributed by atoms with Crippen molar-refractivity contribution in [2.45, 2.75) is 101 Å². The van der Waals surface area contributed by atoms with Crippen LogP contribution in [0.3, 0.4) is 0 Å². The van der Waals surface area contributed by atoms with Crippen molar-refractivity contribution in [3.63, 3.8) is 0 Å². The minimum atomic E-state index is 0.457. The maximum atomic E-state index is 2.55. The van der Waals surface area contributed by atoms with Crippen LogP contribution in [0.15, 0.2) is 0 Å². The third-order valence-electron chi connectivity index (χ3n) is 7.16. The molecule has 1 aliphatic rings. The molecule has 6 unspecified atom stereocenters. The quantitative estimate of drug-likeness (QED) is 0.412. The van der Waals surface area contributed by atoms with Crippen molar-refractivity contribution in [3.05, 3.63) is 0 Å². The molecule has 0 saturated heterocycles. The van der Waals surface area contributed by atoms with Crippen molar-refractivity contribution in [1.29, 1.82) is 0 Å². The van der Waals surface area contributed by atoms with Crippen molar-refractivity contribution < 1.29 is 0 Å². The molecule has 0 heterocycles. The van der Waals surface area contributed by atoms with Gasteiger partial charge in [0.25, 0.3) is 0 Å². The molecule has 0 bridgehead atoms. The van der Waals surface area contributed by atoms with Crippen molar-refractivity contribution in [2.24, 2.45) is 40.4 Å². The molecule has 0 N–H and O–H groups in total. The van der Waals surface area contributed by atoms with Crippen molar-refractivity contribution in [1.82, 2.24) is 0 Å². The zero-order chi connectivity index (χ0) is 17.1. The summed E-state index contributed by atoms with van der Waals surface area (Å²) in [5.41, 5.74) is 1.16. The summed E-state index contributed by atoms with van der Waals surface area (Å²) >= 11 is 0. The van der Waals surface area contributed by atoms with Crippen molar-refractivity contribution in [2.75, 3.05) is 0 Å². The molecule has 1 aliphatic carbocycles. The van der Waals surface area contributed by atoms with E-state index in [4.69, 9.17) is 0 Å². The van der Waals surface area contributed by atoms with E-state index in [-0.39, 0.29) is 0 Å². The molecule has 0 aromatic heterocycles. The van der Waals surface area contributed by atoms with Crippen LogP contribution < -0.4 is 0 Å². The van der Waals surface area contributed by atoms with E-state index in [1.807, 2.05) is 0 Å². The second kappa shape index (κ2) is 7.71. The first-order chi connectivity index (χ1) is 10.1. The van der Waals surface area contributed by atoms with Gasteiger partial charge in [0.05, 0.1) is 0 Å². The Morgan fingerprint density at radius 1 is 0.955 bits per heavy atom. The van der Waals surface area contributed by atoms with Crippen LogP contribution in [0.5, 0.6) is 0 Å². The van der Waals surface area contributed by atoms with Gasteiger partial charge < -0.3 is 0 Å². The molecular formula is C22H44. The molecule has 132 valence electrons. The highest BCUT2D eigenvalue weighted by Gasteiger charge is 2.62. The molecule has 1 saturated carbocycles. The SMILES string of the molecule is CCCC1(CC)C(CC)C1C(C)CC(C)CC(C)C(C)(C)C. The van der Waals surface area contributed by atoms with Gasteiger partial charge in [-0.3, -0.25) is 0 Å². The fourth-order valence-electron chi connectivity index (χ4n) is 5.56.